The number of nitro benzene ring substituents is 1. The zero-order chi connectivity index (χ0) is 26.8. The smallest absolute Gasteiger partial charge is 0.295 e. The lowest BCUT2D eigenvalue weighted by molar-refractivity contribution is -0.384. The molecule has 2 saturated heterocycles. The minimum absolute atomic E-state index is 0.0680. The number of aliphatic hydroxyl groups excluding tert-OH is 1. The SMILES string of the molecule is Cc1c(/C(O)=C2\C(=O)C(=O)N(CCN3CCOCC3)C2c2ccc([N+](=O)[O-])cc2)cnn1-c1ccccc1. The number of morpholine rings is 1. The molecule has 2 aromatic carbocycles. The molecule has 1 atom stereocenters. The molecule has 3 aromatic rings. The van der Waals surface area contributed by atoms with Gasteiger partial charge in [-0.2, -0.15) is 5.10 Å². The molecule has 2 aliphatic heterocycles. The summed E-state index contributed by atoms with van der Waals surface area (Å²) in [4.78, 5) is 40.9. The summed E-state index contributed by atoms with van der Waals surface area (Å²) in [7, 11) is 0. The van der Waals surface area contributed by atoms with Crippen LogP contribution in [0.4, 0.5) is 5.69 Å². The number of nitrogens with zero attached hydrogens (tertiary/aromatic N) is 5. The van der Waals surface area contributed by atoms with Crippen LogP contribution in [0.3, 0.4) is 0 Å². The van der Waals surface area contributed by atoms with Crippen LogP contribution < -0.4 is 0 Å². The number of ether oxygens (including phenoxy) is 1. The first-order valence-corrected chi connectivity index (χ1v) is 12.3. The van der Waals surface area contributed by atoms with Crippen LogP contribution in [0.5, 0.6) is 0 Å². The molecule has 2 aliphatic rings. The van der Waals surface area contributed by atoms with E-state index in [0.717, 1.165) is 5.69 Å². The number of Topliss-reactive ketones (excluding diaryl/α,β-unsaturated/α-hetero) is 1. The van der Waals surface area contributed by atoms with Crippen molar-refractivity contribution in [3.8, 4) is 5.69 Å². The van der Waals surface area contributed by atoms with Gasteiger partial charge >= 0.3 is 0 Å². The maximum atomic E-state index is 13.4. The molecular formula is C27H27N5O6. The van der Waals surface area contributed by atoms with Crippen molar-refractivity contribution in [2.75, 3.05) is 39.4 Å². The van der Waals surface area contributed by atoms with Gasteiger partial charge in [-0.15, -0.1) is 0 Å². The summed E-state index contributed by atoms with van der Waals surface area (Å²) in [6.07, 6.45) is 1.46. The van der Waals surface area contributed by atoms with Gasteiger partial charge in [0.05, 0.1) is 52.9 Å². The Hall–Kier alpha value is -4.35. The predicted molar refractivity (Wildman–Crippen MR) is 138 cm³/mol. The average Bonchev–Trinajstić information content (AvgIpc) is 3.45. The summed E-state index contributed by atoms with van der Waals surface area (Å²) in [6.45, 7) is 5.14. The van der Waals surface area contributed by atoms with E-state index in [1.54, 1.807) is 11.6 Å². The number of hydrogen-bond donors (Lipinski definition) is 1. The molecule has 196 valence electrons. The third-order valence-corrected chi connectivity index (χ3v) is 6.99. The number of carbonyl (C=O) groups is 2. The molecule has 0 spiro atoms. The van der Waals surface area contributed by atoms with Crippen LogP contribution in [0.25, 0.3) is 11.4 Å². The van der Waals surface area contributed by atoms with Gasteiger partial charge in [0, 0.05) is 38.3 Å². The highest BCUT2D eigenvalue weighted by atomic mass is 16.6. The van der Waals surface area contributed by atoms with Gasteiger partial charge in [0.25, 0.3) is 17.4 Å². The molecule has 0 saturated carbocycles. The number of amides is 1. The van der Waals surface area contributed by atoms with Crippen molar-refractivity contribution < 1.29 is 24.4 Å². The monoisotopic (exact) mass is 517 g/mol. The van der Waals surface area contributed by atoms with Crippen LogP contribution in [0.1, 0.15) is 22.9 Å². The van der Waals surface area contributed by atoms with E-state index >= 15 is 0 Å². The van der Waals surface area contributed by atoms with Crippen molar-refractivity contribution in [2.24, 2.45) is 0 Å². The quantitative estimate of drug-likeness (QED) is 0.166. The lowest BCUT2D eigenvalue weighted by atomic mass is 9.95. The summed E-state index contributed by atoms with van der Waals surface area (Å²) in [5.41, 5.74) is 2.01. The van der Waals surface area contributed by atoms with Gasteiger partial charge in [0.2, 0.25) is 0 Å². The van der Waals surface area contributed by atoms with Crippen molar-refractivity contribution in [1.29, 1.82) is 0 Å². The second kappa shape index (κ2) is 10.6. The number of non-ortho nitro benzene ring substituents is 1. The number of aromatic nitrogens is 2. The Labute approximate surface area is 218 Å². The number of ketones is 1. The van der Waals surface area contributed by atoms with E-state index < -0.39 is 22.7 Å². The van der Waals surface area contributed by atoms with Gasteiger partial charge in [0.1, 0.15) is 5.76 Å². The van der Waals surface area contributed by atoms with Crippen molar-refractivity contribution in [2.45, 2.75) is 13.0 Å². The standard InChI is InChI=1S/C27H27N5O6/c1-18-22(17-28-31(18)20-5-3-2-4-6-20)25(33)23-24(19-7-9-21(10-8-19)32(36)37)30(27(35)26(23)34)12-11-29-13-15-38-16-14-29/h2-10,17,24,33H,11-16H2,1H3/b25-23+. The van der Waals surface area contributed by atoms with Gasteiger partial charge < -0.3 is 14.7 Å². The molecule has 2 fully saturated rings. The van der Waals surface area contributed by atoms with Gasteiger partial charge in [-0.25, -0.2) is 4.68 Å². The van der Waals surface area contributed by atoms with Crippen LogP contribution in [0.2, 0.25) is 0 Å². The largest absolute Gasteiger partial charge is 0.507 e. The van der Waals surface area contributed by atoms with Crippen molar-refractivity contribution in [1.82, 2.24) is 19.6 Å². The van der Waals surface area contributed by atoms with Crippen LogP contribution >= 0.6 is 0 Å². The number of carbonyl (C=O) groups excluding carboxylic acids is 2. The lowest BCUT2D eigenvalue weighted by Crippen LogP contribution is -2.42. The molecular weight excluding hydrogens is 490 g/mol. The molecule has 38 heavy (non-hydrogen) atoms. The van der Waals surface area contributed by atoms with Gasteiger partial charge in [-0.1, -0.05) is 18.2 Å². The molecule has 3 heterocycles. The van der Waals surface area contributed by atoms with E-state index in [-0.39, 0.29) is 23.6 Å². The number of nitro groups is 1. The highest BCUT2D eigenvalue weighted by Crippen LogP contribution is 2.40. The highest BCUT2D eigenvalue weighted by Gasteiger charge is 2.46. The fourth-order valence-corrected chi connectivity index (χ4v) is 4.93. The Kier molecular flexibility index (Phi) is 7.03. The lowest BCUT2D eigenvalue weighted by Gasteiger charge is -2.31. The van der Waals surface area contributed by atoms with E-state index in [9.17, 15) is 24.8 Å². The molecule has 11 heteroatoms. The molecule has 1 unspecified atom stereocenters. The molecule has 1 aromatic heterocycles. The number of hydrogen-bond acceptors (Lipinski definition) is 8. The predicted octanol–water partition coefficient (Wildman–Crippen LogP) is 2.84. The molecule has 0 radical (unpaired) electrons. The molecule has 1 amide bonds. The Morgan fingerprint density at radius 2 is 1.76 bits per heavy atom. The van der Waals surface area contributed by atoms with E-state index in [0.29, 0.717) is 49.7 Å². The minimum Gasteiger partial charge on any atom is -0.507 e. The fraction of sp³-hybridized carbons (Fsp3) is 0.296. The zero-order valence-corrected chi connectivity index (χ0v) is 20.8. The number of benzene rings is 2. The Balaban J connectivity index is 1.56. The van der Waals surface area contributed by atoms with Gasteiger partial charge in [-0.05, 0) is 36.8 Å². The third kappa shape index (κ3) is 4.69. The van der Waals surface area contributed by atoms with Crippen LogP contribution in [-0.4, -0.2) is 80.7 Å². The summed E-state index contributed by atoms with van der Waals surface area (Å²) < 4.78 is 7.04. The van der Waals surface area contributed by atoms with Crippen LogP contribution in [-0.2, 0) is 14.3 Å². The molecule has 5 rings (SSSR count). The Morgan fingerprint density at radius 1 is 1.08 bits per heavy atom. The van der Waals surface area contributed by atoms with Crippen molar-refractivity contribution in [3.05, 3.63) is 93.3 Å². The maximum Gasteiger partial charge on any atom is 0.295 e. The number of aliphatic hydroxyl groups is 1. The number of likely N-dealkylation sites (tertiary alicyclic amines) is 1. The normalized spacial score (nSPS) is 19.7. The minimum atomic E-state index is -0.906. The molecule has 0 bridgehead atoms. The molecule has 11 nitrogen and oxygen atoms in total. The summed E-state index contributed by atoms with van der Waals surface area (Å²) in [5, 5.41) is 27.0. The molecule has 0 aliphatic carbocycles. The molecule has 1 N–H and O–H groups in total. The first-order chi connectivity index (χ1) is 18.4. The number of para-hydroxylation sites is 1. The summed E-state index contributed by atoms with van der Waals surface area (Å²) >= 11 is 0. The first-order valence-electron chi connectivity index (χ1n) is 12.3. The Morgan fingerprint density at radius 3 is 2.42 bits per heavy atom. The average molecular weight is 518 g/mol. The van der Waals surface area contributed by atoms with Crippen molar-refractivity contribution in [3.63, 3.8) is 0 Å². The Bertz CT molecular complexity index is 1390. The summed E-state index contributed by atoms with van der Waals surface area (Å²) in [6, 6.07) is 14.1. The van der Waals surface area contributed by atoms with E-state index in [2.05, 4.69) is 10.00 Å². The number of rotatable bonds is 7. The van der Waals surface area contributed by atoms with Crippen LogP contribution in [0, 0.1) is 17.0 Å². The topological polar surface area (TPSA) is 131 Å². The van der Waals surface area contributed by atoms with E-state index in [1.165, 1.54) is 35.4 Å². The summed E-state index contributed by atoms with van der Waals surface area (Å²) in [5.74, 6) is -1.86. The van der Waals surface area contributed by atoms with E-state index in [1.807, 2.05) is 30.3 Å². The van der Waals surface area contributed by atoms with Gasteiger partial charge in [0.15, 0.2) is 0 Å². The first kappa shape index (κ1) is 25.3. The zero-order valence-electron chi connectivity index (χ0n) is 20.8. The van der Waals surface area contributed by atoms with E-state index in [4.69, 9.17) is 4.74 Å². The fourth-order valence-electron chi connectivity index (χ4n) is 4.93. The second-order valence-corrected chi connectivity index (χ2v) is 9.19. The second-order valence-electron chi connectivity index (χ2n) is 9.19. The van der Waals surface area contributed by atoms with Crippen molar-refractivity contribution >= 4 is 23.1 Å². The third-order valence-electron chi connectivity index (χ3n) is 6.99. The maximum absolute atomic E-state index is 13.4. The highest BCUT2D eigenvalue weighted by molar-refractivity contribution is 6.46. The van der Waals surface area contributed by atoms with Gasteiger partial charge in [-0.3, -0.25) is 24.6 Å². The van der Waals surface area contributed by atoms with Crippen LogP contribution in [0.15, 0.2) is 66.4 Å².